The number of hydrogen-bond acceptors (Lipinski definition) is 6. The van der Waals surface area contributed by atoms with Gasteiger partial charge in [-0.2, -0.15) is 13.2 Å². The molecule has 0 radical (unpaired) electrons. The van der Waals surface area contributed by atoms with Crippen LogP contribution in [0.15, 0.2) is 48.8 Å². The molecule has 0 aliphatic carbocycles. The Morgan fingerprint density at radius 2 is 1.77 bits per heavy atom. The SMILES string of the molecule is Cc1cc(Nc2nccc(C(F)(F)F)n2)cc(-c2ccc(NCC(C)(C)O)nc2)c1. The van der Waals surface area contributed by atoms with Crippen molar-refractivity contribution in [2.45, 2.75) is 32.5 Å². The molecule has 0 saturated carbocycles. The van der Waals surface area contributed by atoms with E-state index < -0.39 is 17.5 Å². The molecular formula is C21H22F3N5O. The average Bonchev–Trinajstić information content (AvgIpc) is 2.65. The first kappa shape index (κ1) is 21.5. The zero-order chi connectivity index (χ0) is 21.9. The molecule has 0 saturated heterocycles. The van der Waals surface area contributed by atoms with Gasteiger partial charge in [0.05, 0.1) is 5.60 Å². The van der Waals surface area contributed by atoms with Gasteiger partial charge < -0.3 is 15.7 Å². The van der Waals surface area contributed by atoms with Gasteiger partial charge in [-0.25, -0.2) is 15.0 Å². The molecule has 0 atom stereocenters. The van der Waals surface area contributed by atoms with Crippen LogP contribution in [0.2, 0.25) is 0 Å². The Morgan fingerprint density at radius 3 is 2.40 bits per heavy atom. The third-order valence-electron chi connectivity index (χ3n) is 4.08. The highest BCUT2D eigenvalue weighted by molar-refractivity contribution is 5.71. The van der Waals surface area contributed by atoms with E-state index in [1.165, 1.54) is 0 Å². The first-order valence-corrected chi connectivity index (χ1v) is 9.21. The summed E-state index contributed by atoms with van der Waals surface area (Å²) in [5, 5.41) is 15.7. The highest BCUT2D eigenvalue weighted by atomic mass is 19.4. The maximum Gasteiger partial charge on any atom is 0.433 e. The third kappa shape index (κ3) is 5.90. The van der Waals surface area contributed by atoms with Gasteiger partial charge in [-0.05, 0) is 62.2 Å². The van der Waals surface area contributed by atoms with Gasteiger partial charge in [-0.1, -0.05) is 6.07 Å². The first-order chi connectivity index (χ1) is 14.0. The molecule has 2 heterocycles. The van der Waals surface area contributed by atoms with Crippen LogP contribution in [0.25, 0.3) is 11.1 Å². The number of halogens is 3. The molecule has 0 aliphatic heterocycles. The number of anilines is 3. The van der Waals surface area contributed by atoms with Crippen molar-refractivity contribution in [3.63, 3.8) is 0 Å². The highest BCUT2D eigenvalue weighted by Gasteiger charge is 2.32. The van der Waals surface area contributed by atoms with E-state index in [0.717, 1.165) is 29.0 Å². The molecule has 0 unspecified atom stereocenters. The molecule has 30 heavy (non-hydrogen) atoms. The number of benzene rings is 1. The Balaban J connectivity index is 1.80. The highest BCUT2D eigenvalue weighted by Crippen LogP contribution is 2.29. The van der Waals surface area contributed by atoms with Crippen LogP contribution in [0.3, 0.4) is 0 Å². The Bertz CT molecular complexity index is 1010. The zero-order valence-electron chi connectivity index (χ0n) is 16.7. The molecule has 0 spiro atoms. The Hall–Kier alpha value is -3.20. The zero-order valence-corrected chi connectivity index (χ0v) is 16.7. The molecule has 0 aliphatic rings. The van der Waals surface area contributed by atoms with E-state index in [2.05, 4.69) is 25.6 Å². The largest absolute Gasteiger partial charge is 0.433 e. The van der Waals surface area contributed by atoms with Crippen molar-refractivity contribution in [1.82, 2.24) is 15.0 Å². The lowest BCUT2D eigenvalue weighted by Crippen LogP contribution is -2.29. The molecule has 1 aromatic carbocycles. The Labute approximate surface area is 172 Å². The van der Waals surface area contributed by atoms with E-state index in [9.17, 15) is 18.3 Å². The number of nitrogens with zero attached hydrogens (tertiary/aromatic N) is 3. The number of hydrogen-bond donors (Lipinski definition) is 3. The van der Waals surface area contributed by atoms with Gasteiger partial charge in [-0.3, -0.25) is 0 Å². The van der Waals surface area contributed by atoms with Gasteiger partial charge in [0.25, 0.3) is 0 Å². The van der Waals surface area contributed by atoms with Crippen LogP contribution in [0, 0.1) is 6.92 Å². The van der Waals surface area contributed by atoms with Gasteiger partial charge in [0.2, 0.25) is 5.95 Å². The third-order valence-corrected chi connectivity index (χ3v) is 4.08. The summed E-state index contributed by atoms with van der Waals surface area (Å²) >= 11 is 0. The smallest absolute Gasteiger partial charge is 0.389 e. The number of alkyl halides is 3. The second kappa shape index (κ2) is 8.27. The molecule has 6 nitrogen and oxygen atoms in total. The van der Waals surface area contributed by atoms with E-state index in [4.69, 9.17) is 0 Å². The molecule has 3 rings (SSSR count). The number of aryl methyl sites for hydroxylation is 1. The monoisotopic (exact) mass is 417 g/mol. The van der Waals surface area contributed by atoms with Crippen molar-refractivity contribution in [2.75, 3.05) is 17.2 Å². The van der Waals surface area contributed by atoms with Crippen LogP contribution in [0.4, 0.5) is 30.6 Å². The van der Waals surface area contributed by atoms with Crippen LogP contribution >= 0.6 is 0 Å². The molecule has 158 valence electrons. The maximum absolute atomic E-state index is 12.9. The standard InChI is InChI=1S/C21H22F3N5O/c1-13-8-15(14-4-5-18(26-11-14)27-12-20(2,3)30)10-16(9-13)28-19-25-7-6-17(29-19)21(22,23)24/h4-11,30H,12H2,1-3H3,(H,26,27)(H,25,28,29). The van der Waals surface area contributed by atoms with Gasteiger partial charge in [0.15, 0.2) is 0 Å². The van der Waals surface area contributed by atoms with Gasteiger partial charge >= 0.3 is 6.18 Å². The predicted molar refractivity (Wildman–Crippen MR) is 110 cm³/mol. The van der Waals surface area contributed by atoms with Gasteiger partial charge in [-0.15, -0.1) is 0 Å². The molecule has 3 N–H and O–H groups in total. The van der Waals surface area contributed by atoms with Crippen LogP contribution in [0.1, 0.15) is 25.1 Å². The normalized spacial score (nSPS) is 12.0. The van der Waals surface area contributed by atoms with Crippen LogP contribution in [-0.4, -0.2) is 32.2 Å². The maximum atomic E-state index is 12.9. The fraction of sp³-hybridized carbons (Fsp3) is 0.286. The Kier molecular flexibility index (Phi) is 5.93. The minimum absolute atomic E-state index is 0.134. The summed E-state index contributed by atoms with van der Waals surface area (Å²) in [5.41, 5.74) is 1.28. The molecule has 0 bridgehead atoms. The predicted octanol–water partition coefficient (Wildman–Crippen LogP) is 4.79. The van der Waals surface area contributed by atoms with Crippen LogP contribution < -0.4 is 10.6 Å². The fourth-order valence-corrected chi connectivity index (χ4v) is 2.70. The lowest BCUT2D eigenvalue weighted by Gasteiger charge is -2.18. The molecular weight excluding hydrogens is 395 g/mol. The molecule has 9 heteroatoms. The number of nitrogens with one attached hydrogen (secondary N) is 2. The van der Waals surface area contributed by atoms with Crippen molar-refractivity contribution in [3.8, 4) is 11.1 Å². The van der Waals surface area contributed by atoms with Gasteiger partial charge in [0, 0.05) is 30.2 Å². The van der Waals surface area contributed by atoms with E-state index in [1.54, 1.807) is 38.2 Å². The summed E-state index contributed by atoms with van der Waals surface area (Å²) in [4.78, 5) is 11.8. The van der Waals surface area contributed by atoms with Crippen LogP contribution in [0.5, 0.6) is 0 Å². The minimum atomic E-state index is -4.54. The summed E-state index contributed by atoms with van der Waals surface area (Å²) in [6, 6.07) is 10.0. The topological polar surface area (TPSA) is 83.0 Å². The lowest BCUT2D eigenvalue weighted by atomic mass is 10.0. The van der Waals surface area contributed by atoms with Crippen molar-refractivity contribution < 1.29 is 18.3 Å². The van der Waals surface area contributed by atoms with Crippen molar-refractivity contribution in [1.29, 1.82) is 0 Å². The van der Waals surface area contributed by atoms with Gasteiger partial charge in [0.1, 0.15) is 11.5 Å². The van der Waals surface area contributed by atoms with Crippen molar-refractivity contribution in [2.24, 2.45) is 0 Å². The summed E-state index contributed by atoms with van der Waals surface area (Å²) in [6.45, 7) is 5.64. The number of aliphatic hydroxyl groups is 1. The molecule has 0 amide bonds. The Morgan fingerprint density at radius 1 is 1.00 bits per heavy atom. The molecule has 0 fully saturated rings. The lowest BCUT2D eigenvalue weighted by molar-refractivity contribution is -0.141. The summed E-state index contributed by atoms with van der Waals surface area (Å²) < 4.78 is 38.6. The van der Waals surface area contributed by atoms with Crippen LogP contribution in [-0.2, 0) is 6.18 Å². The van der Waals surface area contributed by atoms with E-state index in [1.807, 2.05) is 19.1 Å². The average molecular weight is 417 g/mol. The number of pyridine rings is 1. The first-order valence-electron chi connectivity index (χ1n) is 9.21. The summed E-state index contributed by atoms with van der Waals surface area (Å²) in [7, 11) is 0. The number of rotatable bonds is 6. The second-order valence-electron chi connectivity index (χ2n) is 7.57. The fourth-order valence-electron chi connectivity index (χ4n) is 2.70. The van der Waals surface area contributed by atoms with Crippen molar-refractivity contribution in [3.05, 3.63) is 60.0 Å². The van der Waals surface area contributed by atoms with Crippen molar-refractivity contribution >= 4 is 17.5 Å². The summed E-state index contributed by atoms with van der Waals surface area (Å²) in [6.07, 6.45) is -1.78. The summed E-state index contributed by atoms with van der Waals surface area (Å²) in [5.74, 6) is 0.495. The van der Waals surface area contributed by atoms with E-state index in [-0.39, 0.29) is 5.95 Å². The van der Waals surface area contributed by atoms with E-state index >= 15 is 0 Å². The minimum Gasteiger partial charge on any atom is -0.389 e. The molecule has 3 aromatic rings. The van der Waals surface area contributed by atoms with E-state index in [0.29, 0.717) is 18.1 Å². The quantitative estimate of drug-likeness (QED) is 0.535. The number of aromatic nitrogens is 3. The molecule has 2 aromatic heterocycles. The second-order valence-corrected chi connectivity index (χ2v) is 7.57.